The average Bonchev–Trinajstić information content (AvgIpc) is 2.64. The zero-order valence-corrected chi connectivity index (χ0v) is 21.5. The highest BCUT2D eigenvalue weighted by molar-refractivity contribution is 14.0. The molecule has 0 aromatic carbocycles. The summed E-state index contributed by atoms with van der Waals surface area (Å²) in [7, 11) is 0. The van der Waals surface area contributed by atoms with E-state index in [0.29, 0.717) is 25.7 Å². The van der Waals surface area contributed by atoms with Crippen molar-refractivity contribution in [3.8, 4) is 0 Å². The zero-order chi connectivity index (χ0) is 21.0. The number of rotatable bonds is 9. The SMILES string of the molecule is CCCN(CCNC(=NCC(C)N1CCOCC1)NCC)C(=O)OC(C)(C)C.I. The van der Waals surface area contributed by atoms with Crippen molar-refractivity contribution in [2.24, 2.45) is 4.99 Å². The van der Waals surface area contributed by atoms with Crippen molar-refractivity contribution >= 4 is 36.0 Å². The molecule has 0 saturated carbocycles. The number of nitrogens with one attached hydrogen (secondary N) is 2. The van der Waals surface area contributed by atoms with Gasteiger partial charge in [-0.25, -0.2) is 4.79 Å². The summed E-state index contributed by atoms with van der Waals surface area (Å²) < 4.78 is 10.9. The van der Waals surface area contributed by atoms with E-state index in [0.717, 1.165) is 51.8 Å². The second kappa shape index (κ2) is 15.1. The van der Waals surface area contributed by atoms with Gasteiger partial charge in [0.2, 0.25) is 0 Å². The van der Waals surface area contributed by atoms with Crippen LogP contribution in [0.3, 0.4) is 0 Å². The van der Waals surface area contributed by atoms with Gasteiger partial charge >= 0.3 is 6.09 Å². The Labute approximate surface area is 194 Å². The number of morpholine rings is 1. The van der Waals surface area contributed by atoms with E-state index in [-0.39, 0.29) is 30.1 Å². The van der Waals surface area contributed by atoms with Crippen LogP contribution in [0, 0.1) is 0 Å². The van der Waals surface area contributed by atoms with E-state index in [1.54, 1.807) is 4.90 Å². The summed E-state index contributed by atoms with van der Waals surface area (Å²) in [6.45, 7) is 18.9. The molecule has 1 unspecified atom stereocenters. The Hall–Kier alpha value is -0.810. The monoisotopic (exact) mass is 527 g/mol. The Kier molecular flexibility index (Phi) is 14.6. The first kappa shape index (κ1) is 28.2. The molecule has 1 saturated heterocycles. The maximum absolute atomic E-state index is 12.4. The minimum Gasteiger partial charge on any atom is -0.444 e. The highest BCUT2D eigenvalue weighted by atomic mass is 127. The predicted molar refractivity (Wildman–Crippen MR) is 129 cm³/mol. The molecular formula is C20H42IN5O3. The van der Waals surface area contributed by atoms with Gasteiger partial charge in [0, 0.05) is 45.3 Å². The Bertz CT molecular complexity index is 479. The number of carbonyl (C=O) groups is 1. The van der Waals surface area contributed by atoms with Gasteiger partial charge in [0.1, 0.15) is 5.60 Å². The van der Waals surface area contributed by atoms with Crippen molar-refractivity contribution in [2.75, 3.05) is 59.0 Å². The first-order chi connectivity index (χ1) is 13.3. The summed E-state index contributed by atoms with van der Waals surface area (Å²) in [5.74, 6) is 0.781. The van der Waals surface area contributed by atoms with Gasteiger partial charge in [-0.3, -0.25) is 9.89 Å². The van der Waals surface area contributed by atoms with E-state index in [4.69, 9.17) is 14.5 Å². The molecule has 1 atom stereocenters. The summed E-state index contributed by atoms with van der Waals surface area (Å²) in [4.78, 5) is 21.2. The summed E-state index contributed by atoms with van der Waals surface area (Å²) in [5, 5.41) is 6.61. The van der Waals surface area contributed by atoms with E-state index in [1.165, 1.54) is 0 Å². The fraction of sp³-hybridized carbons (Fsp3) is 0.900. The molecule has 172 valence electrons. The summed E-state index contributed by atoms with van der Waals surface area (Å²) in [6, 6.07) is 0.373. The molecule has 0 aromatic rings. The summed E-state index contributed by atoms with van der Waals surface area (Å²) in [5.41, 5.74) is -0.484. The lowest BCUT2D eigenvalue weighted by molar-refractivity contribution is 0.0220. The Morgan fingerprint density at radius 2 is 1.86 bits per heavy atom. The quantitative estimate of drug-likeness (QED) is 0.273. The second-order valence-corrected chi connectivity index (χ2v) is 8.11. The minimum atomic E-state index is -0.484. The van der Waals surface area contributed by atoms with Gasteiger partial charge in [0.05, 0.1) is 19.8 Å². The first-order valence-corrected chi connectivity index (χ1v) is 10.6. The van der Waals surface area contributed by atoms with Crippen molar-refractivity contribution in [1.29, 1.82) is 0 Å². The van der Waals surface area contributed by atoms with Gasteiger partial charge in [-0.05, 0) is 41.0 Å². The number of hydrogen-bond donors (Lipinski definition) is 2. The fourth-order valence-electron chi connectivity index (χ4n) is 2.90. The number of nitrogens with zero attached hydrogens (tertiary/aromatic N) is 3. The number of halogens is 1. The number of amides is 1. The van der Waals surface area contributed by atoms with Gasteiger partial charge in [0.15, 0.2) is 5.96 Å². The largest absolute Gasteiger partial charge is 0.444 e. The normalized spacial score (nSPS) is 16.6. The molecule has 0 aromatic heterocycles. The van der Waals surface area contributed by atoms with Crippen LogP contribution in [0.4, 0.5) is 4.79 Å². The summed E-state index contributed by atoms with van der Waals surface area (Å²) >= 11 is 0. The number of hydrogen-bond acceptors (Lipinski definition) is 5. The molecule has 1 fully saturated rings. The lowest BCUT2D eigenvalue weighted by Gasteiger charge is -2.31. The lowest BCUT2D eigenvalue weighted by atomic mass is 10.2. The third-order valence-corrected chi connectivity index (χ3v) is 4.35. The van der Waals surface area contributed by atoms with Crippen LogP contribution >= 0.6 is 24.0 Å². The molecule has 1 aliphatic heterocycles. The molecule has 2 N–H and O–H groups in total. The van der Waals surface area contributed by atoms with Gasteiger partial charge in [0.25, 0.3) is 0 Å². The van der Waals surface area contributed by atoms with E-state index >= 15 is 0 Å². The molecule has 0 aliphatic carbocycles. The topological polar surface area (TPSA) is 78.4 Å². The Morgan fingerprint density at radius 1 is 1.21 bits per heavy atom. The average molecular weight is 527 g/mol. The standard InChI is InChI=1S/C20H41N5O3.HI/c1-7-10-25(19(26)28-20(4,5)6)11-9-22-18(21-8-2)23-16-17(3)24-12-14-27-15-13-24;/h17H,7-16H2,1-6H3,(H2,21,22,23);1H. The van der Waals surface area contributed by atoms with Crippen molar-refractivity contribution in [2.45, 2.75) is 59.6 Å². The second-order valence-electron chi connectivity index (χ2n) is 8.11. The van der Waals surface area contributed by atoms with Crippen LogP contribution in [0.5, 0.6) is 0 Å². The van der Waals surface area contributed by atoms with E-state index < -0.39 is 5.60 Å². The maximum atomic E-state index is 12.4. The Morgan fingerprint density at radius 3 is 2.41 bits per heavy atom. The van der Waals surface area contributed by atoms with Crippen molar-refractivity contribution in [1.82, 2.24) is 20.4 Å². The smallest absolute Gasteiger partial charge is 0.410 e. The van der Waals surface area contributed by atoms with Crippen LogP contribution in [0.2, 0.25) is 0 Å². The van der Waals surface area contributed by atoms with Crippen LogP contribution in [0.15, 0.2) is 4.99 Å². The molecule has 8 nitrogen and oxygen atoms in total. The van der Waals surface area contributed by atoms with Crippen molar-refractivity contribution in [3.63, 3.8) is 0 Å². The number of guanidine groups is 1. The van der Waals surface area contributed by atoms with E-state index in [2.05, 4.69) is 29.4 Å². The third kappa shape index (κ3) is 12.5. The highest BCUT2D eigenvalue weighted by Crippen LogP contribution is 2.10. The van der Waals surface area contributed by atoms with Gasteiger partial charge in [-0.15, -0.1) is 24.0 Å². The molecule has 0 radical (unpaired) electrons. The third-order valence-electron chi connectivity index (χ3n) is 4.35. The van der Waals surface area contributed by atoms with Crippen LogP contribution < -0.4 is 10.6 Å². The van der Waals surface area contributed by atoms with Gasteiger partial charge in [-0.1, -0.05) is 6.92 Å². The summed E-state index contributed by atoms with van der Waals surface area (Å²) in [6.07, 6.45) is 0.629. The molecule has 0 spiro atoms. The highest BCUT2D eigenvalue weighted by Gasteiger charge is 2.21. The maximum Gasteiger partial charge on any atom is 0.410 e. The minimum absolute atomic E-state index is 0. The van der Waals surface area contributed by atoms with Crippen molar-refractivity contribution in [3.05, 3.63) is 0 Å². The number of aliphatic imine (C=N–C) groups is 1. The molecule has 29 heavy (non-hydrogen) atoms. The van der Waals surface area contributed by atoms with Crippen LogP contribution in [-0.2, 0) is 9.47 Å². The number of ether oxygens (including phenoxy) is 2. The molecule has 9 heteroatoms. The van der Waals surface area contributed by atoms with E-state index in [9.17, 15) is 4.79 Å². The van der Waals surface area contributed by atoms with Gasteiger partial charge in [-0.2, -0.15) is 0 Å². The van der Waals surface area contributed by atoms with Crippen LogP contribution in [0.1, 0.15) is 48.0 Å². The van der Waals surface area contributed by atoms with Crippen LogP contribution in [0.25, 0.3) is 0 Å². The Balaban J connectivity index is 0.00000784. The fourth-order valence-corrected chi connectivity index (χ4v) is 2.90. The lowest BCUT2D eigenvalue weighted by Crippen LogP contribution is -2.46. The molecule has 1 aliphatic rings. The van der Waals surface area contributed by atoms with E-state index in [1.807, 2.05) is 27.7 Å². The van der Waals surface area contributed by atoms with Crippen LogP contribution in [-0.4, -0.2) is 92.5 Å². The molecule has 1 heterocycles. The molecule has 0 bridgehead atoms. The first-order valence-electron chi connectivity index (χ1n) is 10.6. The molecular weight excluding hydrogens is 485 g/mol. The van der Waals surface area contributed by atoms with Gasteiger partial charge < -0.3 is 25.0 Å². The van der Waals surface area contributed by atoms with Crippen molar-refractivity contribution < 1.29 is 14.3 Å². The molecule has 1 amide bonds. The number of carbonyl (C=O) groups excluding carboxylic acids is 1. The zero-order valence-electron chi connectivity index (χ0n) is 19.1. The predicted octanol–water partition coefficient (Wildman–Crippen LogP) is 2.53. The molecule has 1 rings (SSSR count).